The van der Waals surface area contributed by atoms with Crippen LogP contribution in [0.2, 0.25) is 0 Å². The van der Waals surface area contributed by atoms with E-state index in [4.69, 9.17) is 10.5 Å². The number of aryl methyl sites for hydroxylation is 1. The molecule has 0 unspecified atom stereocenters. The average molecular weight is 341 g/mol. The molecule has 1 amide bonds. The third-order valence-corrected chi connectivity index (χ3v) is 4.29. The van der Waals surface area contributed by atoms with Gasteiger partial charge < -0.3 is 15.4 Å². The Balaban J connectivity index is 1.97. The van der Waals surface area contributed by atoms with E-state index in [1.165, 1.54) is 0 Å². The van der Waals surface area contributed by atoms with Crippen LogP contribution in [-0.2, 0) is 4.79 Å². The molecule has 0 radical (unpaired) electrons. The fourth-order valence-corrected chi connectivity index (χ4v) is 3.01. The van der Waals surface area contributed by atoms with Gasteiger partial charge in [0.15, 0.2) is 6.10 Å². The number of rotatable bonds is 4. The summed E-state index contributed by atoms with van der Waals surface area (Å²) in [7, 11) is 0. The second-order valence-corrected chi connectivity index (χ2v) is 6.22. The Morgan fingerprint density at radius 1 is 1.60 bits per heavy atom. The van der Waals surface area contributed by atoms with Crippen LogP contribution in [0.3, 0.4) is 0 Å². The van der Waals surface area contributed by atoms with Crippen LogP contribution in [0.5, 0.6) is 5.75 Å². The molecule has 20 heavy (non-hydrogen) atoms. The summed E-state index contributed by atoms with van der Waals surface area (Å²) in [5, 5.41) is 0. The van der Waals surface area contributed by atoms with Crippen LogP contribution < -0.4 is 10.5 Å². The number of nitrogens with two attached hydrogens (primary N) is 1. The zero-order valence-electron chi connectivity index (χ0n) is 11.9. The topological polar surface area (TPSA) is 55.6 Å². The van der Waals surface area contributed by atoms with E-state index in [9.17, 15) is 4.79 Å². The van der Waals surface area contributed by atoms with Gasteiger partial charge in [0.2, 0.25) is 0 Å². The average Bonchev–Trinajstić information content (AvgIpc) is 2.89. The molecular formula is C15H21BrN2O2. The molecule has 1 aromatic rings. The van der Waals surface area contributed by atoms with Crippen molar-refractivity contribution in [2.75, 3.05) is 19.6 Å². The largest absolute Gasteiger partial charge is 0.480 e. The molecule has 0 aromatic heterocycles. The van der Waals surface area contributed by atoms with Crippen molar-refractivity contribution in [2.24, 2.45) is 11.7 Å². The molecule has 2 rings (SSSR count). The highest BCUT2D eigenvalue weighted by Gasteiger charge is 2.29. The molecule has 5 heteroatoms. The number of benzene rings is 1. The van der Waals surface area contributed by atoms with Crippen LogP contribution >= 0.6 is 15.9 Å². The van der Waals surface area contributed by atoms with E-state index in [2.05, 4.69) is 15.9 Å². The Morgan fingerprint density at radius 2 is 2.35 bits per heavy atom. The summed E-state index contributed by atoms with van der Waals surface area (Å²) >= 11 is 3.46. The van der Waals surface area contributed by atoms with E-state index in [0.717, 1.165) is 29.5 Å². The first-order chi connectivity index (χ1) is 9.51. The van der Waals surface area contributed by atoms with E-state index in [0.29, 0.717) is 18.2 Å². The summed E-state index contributed by atoms with van der Waals surface area (Å²) in [4.78, 5) is 14.2. The van der Waals surface area contributed by atoms with Gasteiger partial charge in [-0.25, -0.2) is 0 Å². The van der Waals surface area contributed by atoms with Crippen molar-refractivity contribution in [3.8, 4) is 5.75 Å². The molecule has 1 heterocycles. The molecule has 2 atom stereocenters. The molecule has 1 aromatic carbocycles. The van der Waals surface area contributed by atoms with Crippen molar-refractivity contribution in [3.05, 3.63) is 28.2 Å². The molecule has 1 aliphatic rings. The third kappa shape index (κ3) is 3.52. The monoisotopic (exact) mass is 340 g/mol. The molecular weight excluding hydrogens is 320 g/mol. The first-order valence-corrected chi connectivity index (χ1v) is 7.72. The minimum atomic E-state index is -0.481. The quantitative estimate of drug-likeness (QED) is 0.915. The highest BCUT2D eigenvalue weighted by molar-refractivity contribution is 9.10. The fourth-order valence-electron chi connectivity index (χ4n) is 2.42. The Hall–Kier alpha value is -1.07. The molecule has 4 nitrogen and oxygen atoms in total. The van der Waals surface area contributed by atoms with Gasteiger partial charge in [-0.15, -0.1) is 0 Å². The van der Waals surface area contributed by atoms with Gasteiger partial charge in [0, 0.05) is 13.1 Å². The number of carbonyl (C=O) groups excluding carboxylic acids is 1. The zero-order valence-corrected chi connectivity index (χ0v) is 13.5. The number of amides is 1. The lowest BCUT2D eigenvalue weighted by atomic mass is 10.1. The van der Waals surface area contributed by atoms with Gasteiger partial charge >= 0.3 is 0 Å². The number of ether oxygens (including phenoxy) is 1. The second kappa shape index (κ2) is 6.59. The summed E-state index contributed by atoms with van der Waals surface area (Å²) in [6.07, 6.45) is 0.508. The lowest BCUT2D eigenvalue weighted by molar-refractivity contribution is -0.137. The highest BCUT2D eigenvalue weighted by atomic mass is 79.9. The number of carbonyl (C=O) groups is 1. The van der Waals surface area contributed by atoms with Crippen LogP contribution in [0.15, 0.2) is 22.7 Å². The minimum Gasteiger partial charge on any atom is -0.480 e. The van der Waals surface area contributed by atoms with Gasteiger partial charge in [0.1, 0.15) is 5.75 Å². The van der Waals surface area contributed by atoms with Gasteiger partial charge in [-0.05, 0) is 66.4 Å². The number of nitrogens with zero attached hydrogens (tertiary/aromatic N) is 1. The predicted octanol–water partition coefficient (Wildman–Crippen LogP) is 2.33. The molecule has 110 valence electrons. The minimum absolute atomic E-state index is 0.0356. The van der Waals surface area contributed by atoms with Crippen LogP contribution in [0.4, 0.5) is 0 Å². The van der Waals surface area contributed by atoms with E-state index in [1.807, 2.05) is 30.0 Å². The van der Waals surface area contributed by atoms with Gasteiger partial charge in [0.05, 0.1) is 4.47 Å². The van der Waals surface area contributed by atoms with Gasteiger partial charge in [-0.2, -0.15) is 0 Å². The van der Waals surface area contributed by atoms with E-state index >= 15 is 0 Å². The van der Waals surface area contributed by atoms with Gasteiger partial charge in [-0.1, -0.05) is 6.07 Å². The molecule has 0 bridgehead atoms. The molecule has 2 N–H and O–H groups in total. The van der Waals surface area contributed by atoms with Crippen molar-refractivity contribution >= 4 is 21.8 Å². The van der Waals surface area contributed by atoms with E-state index < -0.39 is 6.10 Å². The maximum atomic E-state index is 12.3. The molecule has 0 aliphatic carbocycles. The molecule has 0 saturated carbocycles. The van der Waals surface area contributed by atoms with Crippen LogP contribution in [0, 0.1) is 12.8 Å². The van der Waals surface area contributed by atoms with Gasteiger partial charge in [0.25, 0.3) is 5.91 Å². The lowest BCUT2D eigenvalue weighted by Crippen LogP contribution is -2.39. The van der Waals surface area contributed by atoms with Crippen LogP contribution in [-0.4, -0.2) is 36.5 Å². The van der Waals surface area contributed by atoms with Crippen LogP contribution in [0.25, 0.3) is 0 Å². The first kappa shape index (κ1) is 15.3. The van der Waals surface area contributed by atoms with Crippen molar-refractivity contribution in [2.45, 2.75) is 26.4 Å². The normalized spacial score (nSPS) is 20.0. The van der Waals surface area contributed by atoms with Crippen molar-refractivity contribution in [1.29, 1.82) is 0 Å². The standard InChI is InChI=1S/C15H21BrN2O2/c1-10-3-4-14(13(16)7-10)20-11(2)15(19)18-6-5-12(8-17)9-18/h3-4,7,11-12H,5-6,8-9,17H2,1-2H3/t11-,12-/m0/s1. The van der Waals surface area contributed by atoms with Crippen molar-refractivity contribution < 1.29 is 9.53 Å². The lowest BCUT2D eigenvalue weighted by Gasteiger charge is -2.22. The highest BCUT2D eigenvalue weighted by Crippen LogP contribution is 2.27. The third-order valence-electron chi connectivity index (χ3n) is 3.67. The summed E-state index contributed by atoms with van der Waals surface area (Å²) in [5.74, 6) is 1.16. The number of hydrogen-bond acceptors (Lipinski definition) is 3. The molecule has 1 aliphatic heterocycles. The second-order valence-electron chi connectivity index (χ2n) is 5.37. The SMILES string of the molecule is Cc1ccc(O[C@@H](C)C(=O)N2CC[C@@H](CN)C2)c(Br)c1. The smallest absolute Gasteiger partial charge is 0.263 e. The number of hydrogen-bond donors (Lipinski definition) is 1. The summed E-state index contributed by atoms with van der Waals surface area (Å²) in [6.45, 7) is 5.98. The Bertz CT molecular complexity index is 493. The van der Waals surface area contributed by atoms with E-state index in [1.54, 1.807) is 6.92 Å². The Labute approximate surface area is 128 Å². The zero-order chi connectivity index (χ0) is 14.7. The predicted molar refractivity (Wildman–Crippen MR) is 82.7 cm³/mol. The molecule has 1 fully saturated rings. The first-order valence-electron chi connectivity index (χ1n) is 6.93. The number of likely N-dealkylation sites (tertiary alicyclic amines) is 1. The summed E-state index contributed by atoms with van der Waals surface area (Å²) in [6, 6.07) is 5.83. The number of halogens is 1. The van der Waals surface area contributed by atoms with Crippen LogP contribution in [0.1, 0.15) is 18.9 Å². The van der Waals surface area contributed by atoms with E-state index in [-0.39, 0.29) is 5.91 Å². The summed E-state index contributed by atoms with van der Waals surface area (Å²) in [5.41, 5.74) is 6.80. The fraction of sp³-hybridized carbons (Fsp3) is 0.533. The Morgan fingerprint density at radius 3 is 2.95 bits per heavy atom. The molecule has 0 spiro atoms. The maximum Gasteiger partial charge on any atom is 0.263 e. The molecule has 1 saturated heterocycles. The Kier molecular flexibility index (Phi) is 5.05. The van der Waals surface area contributed by atoms with Crippen molar-refractivity contribution in [3.63, 3.8) is 0 Å². The maximum absolute atomic E-state index is 12.3. The van der Waals surface area contributed by atoms with Crippen molar-refractivity contribution in [1.82, 2.24) is 4.90 Å². The summed E-state index contributed by atoms with van der Waals surface area (Å²) < 4.78 is 6.65. The van der Waals surface area contributed by atoms with Gasteiger partial charge in [-0.3, -0.25) is 4.79 Å².